The SMILES string of the molecule is CN(C)c1ccc(S(C)(=O)=NC(=O)C2(S(C)(=O)=O)CC2)cc1. The Hall–Kier alpha value is -1.41. The Morgan fingerprint density at radius 1 is 1.09 bits per heavy atom. The van der Waals surface area contributed by atoms with Gasteiger partial charge in [-0.3, -0.25) is 4.79 Å². The second kappa shape index (κ2) is 5.34. The molecule has 8 heteroatoms. The summed E-state index contributed by atoms with van der Waals surface area (Å²) >= 11 is 0. The highest BCUT2D eigenvalue weighted by atomic mass is 32.2. The Morgan fingerprint density at radius 3 is 1.95 bits per heavy atom. The lowest BCUT2D eigenvalue weighted by atomic mass is 10.3. The van der Waals surface area contributed by atoms with Crippen LogP contribution in [0.4, 0.5) is 5.69 Å². The second-order valence-corrected chi connectivity index (χ2v) is 10.4. The molecule has 122 valence electrons. The molecule has 1 fully saturated rings. The van der Waals surface area contributed by atoms with Crippen molar-refractivity contribution in [1.29, 1.82) is 0 Å². The predicted octanol–water partition coefficient (Wildman–Crippen LogP) is 1.31. The molecule has 0 N–H and O–H groups in total. The zero-order chi connectivity index (χ0) is 16.8. The first-order valence-corrected chi connectivity index (χ1v) is 10.5. The van der Waals surface area contributed by atoms with Gasteiger partial charge in [0.15, 0.2) is 14.6 Å². The van der Waals surface area contributed by atoms with E-state index in [9.17, 15) is 17.4 Å². The molecule has 6 nitrogen and oxygen atoms in total. The monoisotopic (exact) mass is 344 g/mol. The Bertz CT molecular complexity index is 813. The van der Waals surface area contributed by atoms with E-state index in [0.29, 0.717) is 4.90 Å². The minimum atomic E-state index is -3.54. The van der Waals surface area contributed by atoms with Crippen molar-refractivity contribution in [2.75, 3.05) is 31.5 Å². The highest BCUT2D eigenvalue weighted by Crippen LogP contribution is 2.44. The van der Waals surface area contributed by atoms with Crippen LogP contribution in [0, 0.1) is 0 Å². The number of hydrogen-bond acceptors (Lipinski definition) is 5. The number of carbonyl (C=O) groups excluding carboxylic acids is 1. The van der Waals surface area contributed by atoms with Crippen molar-refractivity contribution >= 4 is 31.2 Å². The van der Waals surface area contributed by atoms with Crippen molar-refractivity contribution < 1.29 is 17.4 Å². The van der Waals surface area contributed by atoms with Crippen molar-refractivity contribution in [2.24, 2.45) is 4.36 Å². The molecule has 0 aromatic heterocycles. The first-order valence-electron chi connectivity index (χ1n) is 6.73. The molecule has 22 heavy (non-hydrogen) atoms. The molecule has 0 aliphatic heterocycles. The molecule has 0 heterocycles. The molecule has 2 rings (SSSR count). The number of nitrogens with zero attached hydrogens (tertiary/aromatic N) is 2. The van der Waals surface area contributed by atoms with Gasteiger partial charge in [-0.15, -0.1) is 0 Å². The summed E-state index contributed by atoms with van der Waals surface area (Å²) in [6.45, 7) is 0. The van der Waals surface area contributed by atoms with E-state index < -0.39 is 30.2 Å². The third-order valence-electron chi connectivity index (χ3n) is 3.85. The van der Waals surface area contributed by atoms with Crippen LogP contribution in [0.1, 0.15) is 12.8 Å². The minimum absolute atomic E-state index is 0.253. The maximum atomic E-state index is 12.7. The summed E-state index contributed by atoms with van der Waals surface area (Å²) in [6.07, 6.45) is 2.89. The number of rotatable bonds is 4. The van der Waals surface area contributed by atoms with Crippen LogP contribution >= 0.6 is 0 Å². The van der Waals surface area contributed by atoms with Crippen molar-refractivity contribution in [3.05, 3.63) is 24.3 Å². The maximum Gasteiger partial charge on any atom is 0.275 e. The van der Waals surface area contributed by atoms with Crippen LogP contribution in [0.3, 0.4) is 0 Å². The topological polar surface area (TPSA) is 83.9 Å². The van der Waals surface area contributed by atoms with Gasteiger partial charge < -0.3 is 4.90 Å². The Morgan fingerprint density at radius 2 is 1.59 bits per heavy atom. The zero-order valence-electron chi connectivity index (χ0n) is 13.1. The lowest BCUT2D eigenvalue weighted by Gasteiger charge is -2.13. The molecule has 0 bridgehead atoms. The number of hydrogen-bond donors (Lipinski definition) is 0. The van der Waals surface area contributed by atoms with Crippen LogP contribution in [-0.2, 0) is 24.4 Å². The third kappa shape index (κ3) is 3.03. The average molecular weight is 344 g/mol. The molecule has 1 unspecified atom stereocenters. The summed E-state index contributed by atoms with van der Waals surface area (Å²) in [5.74, 6) is -0.792. The van der Waals surface area contributed by atoms with E-state index in [-0.39, 0.29) is 12.8 Å². The Kier molecular flexibility index (Phi) is 4.12. The molecule has 0 saturated heterocycles. The quantitative estimate of drug-likeness (QED) is 0.822. The van der Waals surface area contributed by atoms with Gasteiger partial charge >= 0.3 is 0 Å². The van der Waals surface area contributed by atoms with E-state index in [1.807, 2.05) is 19.0 Å². The summed E-state index contributed by atoms with van der Waals surface area (Å²) in [4.78, 5) is 14.5. The molecule has 1 atom stereocenters. The van der Waals surface area contributed by atoms with E-state index in [1.54, 1.807) is 24.3 Å². The van der Waals surface area contributed by atoms with E-state index in [1.165, 1.54) is 6.26 Å². The van der Waals surface area contributed by atoms with Crippen LogP contribution in [0.5, 0.6) is 0 Å². The normalized spacial score (nSPS) is 19.1. The number of amides is 1. The molecule has 0 radical (unpaired) electrons. The van der Waals surface area contributed by atoms with Crippen molar-refractivity contribution in [3.63, 3.8) is 0 Å². The Labute approximate surface area is 131 Å². The lowest BCUT2D eigenvalue weighted by Crippen LogP contribution is -2.31. The summed E-state index contributed by atoms with van der Waals surface area (Å²) in [6, 6.07) is 6.85. The summed E-state index contributed by atoms with van der Waals surface area (Å²) < 4.78 is 38.4. The average Bonchev–Trinajstić information content (AvgIpc) is 3.19. The van der Waals surface area contributed by atoms with E-state index in [2.05, 4.69) is 4.36 Å². The number of sulfone groups is 1. The van der Waals surface area contributed by atoms with Gasteiger partial charge in [0.05, 0.1) is 9.73 Å². The number of carbonyl (C=O) groups is 1. The molecule has 1 aromatic rings. The number of benzene rings is 1. The lowest BCUT2D eigenvalue weighted by molar-refractivity contribution is -0.117. The smallest absolute Gasteiger partial charge is 0.275 e. The van der Waals surface area contributed by atoms with Crippen LogP contribution in [-0.4, -0.2) is 49.9 Å². The first-order chi connectivity index (χ1) is 9.99. The molecule has 1 aliphatic carbocycles. The van der Waals surface area contributed by atoms with Gasteiger partial charge in [0.25, 0.3) is 5.91 Å². The molecule has 1 amide bonds. The van der Waals surface area contributed by atoms with Crippen molar-refractivity contribution in [1.82, 2.24) is 0 Å². The minimum Gasteiger partial charge on any atom is -0.378 e. The zero-order valence-corrected chi connectivity index (χ0v) is 14.7. The first kappa shape index (κ1) is 17.0. The Balaban J connectivity index is 2.38. The maximum absolute atomic E-state index is 12.7. The van der Waals surface area contributed by atoms with Crippen LogP contribution in [0.2, 0.25) is 0 Å². The van der Waals surface area contributed by atoms with Crippen LogP contribution in [0.15, 0.2) is 33.5 Å². The molecular weight excluding hydrogens is 324 g/mol. The second-order valence-electron chi connectivity index (χ2n) is 5.85. The van der Waals surface area contributed by atoms with E-state index in [4.69, 9.17) is 0 Å². The van der Waals surface area contributed by atoms with Gasteiger partial charge in [0, 0.05) is 37.2 Å². The largest absolute Gasteiger partial charge is 0.378 e. The summed E-state index contributed by atoms with van der Waals surface area (Å²) in [7, 11) is -2.73. The molecule has 1 saturated carbocycles. The summed E-state index contributed by atoms with van der Waals surface area (Å²) in [5.41, 5.74) is 0.931. The van der Waals surface area contributed by atoms with E-state index in [0.717, 1.165) is 11.9 Å². The third-order valence-corrected chi connectivity index (χ3v) is 7.51. The van der Waals surface area contributed by atoms with Crippen molar-refractivity contribution in [3.8, 4) is 0 Å². The molecule has 0 spiro atoms. The fourth-order valence-corrected chi connectivity index (χ4v) is 4.65. The highest BCUT2D eigenvalue weighted by molar-refractivity contribution is 7.94. The number of anilines is 1. The van der Waals surface area contributed by atoms with Gasteiger partial charge in [-0.1, -0.05) is 0 Å². The summed E-state index contributed by atoms with van der Waals surface area (Å²) in [5, 5.41) is 0. The standard InChI is InChI=1S/C14H20N2O4S2/c1-16(2)11-5-7-12(8-6-11)21(3,18)15-13(17)14(9-10-14)22(4,19)20/h5-8H,9-10H2,1-4H3. The van der Waals surface area contributed by atoms with Gasteiger partial charge in [-0.25, -0.2) is 12.6 Å². The van der Waals surface area contributed by atoms with Gasteiger partial charge in [-0.2, -0.15) is 4.36 Å². The van der Waals surface area contributed by atoms with Gasteiger partial charge in [0.2, 0.25) is 0 Å². The van der Waals surface area contributed by atoms with Gasteiger partial charge in [0.1, 0.15) is 0 Å². The predicted molar refractivity (Wildman–Crippen MR) is 87.3 cm³/mol. The van der Waals surface area contributed by atoms with Gasteiger partial charge in [-0.05, 0) is 37.1 Å². The highest BCUT2D eigenvalue weighted by Gasteiger charge is 2.59. The van der Waals surface area contributed by atoms with Crippen molar-refractivity contribution in [2.45, 2.75) is 22.5 Å². The molecule has 1 aliphatic rings. The molecular formula is C14H20N2O4S2. The van der Waals surface area contributed by atoms with E-state index >= 15 is 0 Å². The van der Waals surface area contributed by atoms with Crippen LogP contribution < -0.4 is 4.90 Å². The molecule has 1 aromatic carbocycles. The fourth-order valence-electron chi connectivity index (χ4n) is 2.15. The van der Waals surface area contributed by atoms with Crippen LogP contribution in [0.25, 0.3) is 0 Å². The fraction of sp³-hybridized carbons (Fsp3) is 0.500.